The van der Waals surface area contributed by atoms with Gasteiger partial charge in [0, 0.05) is 29.9 Å². The van der Waals surface area contributed by atoms with Gasteiger partial charge in [0.2, 0.25) is 0 Å². The van der Waals surface area contributed by atoms with Gasteiger partial charge < -0.3 is 14.8 Å². The molecule has 0 fully saturated rings. The number of halogens is 1. The topological polar surface area (TPSA) is 59.2 Å². The molecule has 0 aliphatic heterocycles. The average molecular weight is 282 g/mol. The number of benzene rings is 1. The van der Waals surface area contributed by atoms with Crippen LogP contribution in [0.25, 0.3) is 0 Å². The summed E-state index contributed by atoms with van der Waals surface area (Å²) in [6, 6.07) is 3.54. The number of aromatic nitrogens is 2. The Labute approximate surface area is 116 Å². The number of hydrogen-bond donors (Lipinski definition) is 2. The third-order valence-corrected chi connectivity index (χ3v) is 3.19. The number of nitrogens with zero attached hydrogens (tertiary/aromatic N) is 1. The van der Waals surface area contributed by atoms with Crippen molar-refractivity contribution in [2.45, 2.75) is 13.5 Å². The van der Waals surface area contributed by atoms with Crippen molar-refractivity contribution in [1.82, 2.24) is 10.2 Å². The van der Waals surface area contributed by atoms with E-state index in [0.29, 0.717) is 23.1 Å². The maximum absolute atomic E-state index is 6.20. The molecule has 1 heterocycles. The summed E-state index contributed by atoms with van der Waals surface area (Å²) in [7, 11) is 3.17. The molecular formula is C13H16ClN3O2. The van der Waals surface area contributed by atoms with Crippen LogP contribution in [-0.2, 0) is 6.54 Å². The summed E-state index contributed by atoms with van der Waals surface area (Å²) in [6.45, 7) is 2.61. The molecule has 0 amide bonds. The number of aromatic amines is 1. The van der Waals surface area contributed by atoms with Gasteiger partial charge in [0.05, 0.1) is 31.1 Å². The zero-order valence-corrected chi connectivity index (χ0v) is 11.8. The Hall–Kier alpha value is -1.88. The predicted octanol–water partition coefficient (Wildman–Crippen LogP) is 3.00. The number of H-pyrrole nitrogens is 1. The molecule has 0 saturated carbocycles. The van der Waals surface area contributed by atoms with Gasteiger partial charge in [-0.2, -0.15) is 5.10 Å². The Morgan fingerprint density at radius 2 is 1.95 bits per heavy atom. The van der Waals surface area contributed by atoms with Crippen molar-refractivity contribution < 1.29 is 9.47 Å². The molecule has 2 N–H and O–H groups in total. The molecule has 0 bridgehead atoms. The number of rotatable bonds is 5. The van der Waals surface area contributed by atoms with Crippen molar-refractivity contribution in [3.63, 3.8) is 0 Å². The first kappa shape index (κ1) is 13.5. The van der Waals surface area contributed by atoms with Gasteiger partial charge in [-0.05, 0) is 6.92 Å². The second-order valence-electron chi connectivity index (χ2n) is 4.06. The average Bonchev–Trinajstić information content (AvgIpc) is 2.82. The fourth-order valence-electron chi connectivity index (χ4n) is 1.73. The monoisotopic (exact) mass is 281 g/mol. The molecule has 0 spiro atoms. The Morgan fingerprint density at radius 3 is 2.53 bits per heavy atom. The lowest BCUT2D eigenvalue weighted by Gasteiger charge is -2.13. The molecule has 2 aromatic rings. The van der Waals surface area contributed by atoms with E-state index >= 15 is 0 Å². The van der Waals surface area contributed by atoms with E-state index in [9.17, 15) is 0 Å². The van der Waals surface area contributed by atoms with Gasteiger partial charge in [0.15, 0.2) is 11.5 Å². The summed E-state index contributed by atoms with van der Waals surface area (Å²) in [6.07, 6.45) is 1.79. The van der Waals surface area contributed by atoms with E-state index in [1.165, 1.54) is 0 Å². The highest BCUT2D eigenvalue weighted by Gasteiger charge is 2.10. The van der Waals surface area contributed by atoms with Crippen molar-refractivity contribution >= 4 is 17.3 Å². The summed E-state index contributed by atoms with van der Waals surface area (Å²) >= 11 is 6.20. The fraction of sp³-hybridized carbons (Fsp3) is 0.308. The first-order valence-corrected chi connectivity index (χ1v) is 6.17. The molecular weight excluding hydrogens is 266 g/mol. The standard InChI is InChI=1S/C13H16ClN3O2/c1-8-9(7-16-17-8)6-15-11-5-13(19-3)12(18-2)4-10(11)14/h4-5,7,15H,6H2,1-3H3,(H,16,17). The van der Waals surface area contributed by atoms with E-state index in [4.69, 9.17) is 21.1 Å². The van der Waals surface area contributed by atoms with E-state index in [-0.39, 0.29) is 0 Å². The van der Waals surface area contributed by atoms with Gasteiger partial charge >= 0.3 is 0 Å². The summed E-state index contributed by atoms with van der Waals surface area (Å²) in [5.41, 5.74) is 2.91. The van der Waals surface area contributed by atoms with Crippen LogP contribution in [0.1, 0.15) is 11.3 Å². The second-order valence-corrected chi connectivity index (χ2v) is 4.47. The van der Waals surface area contributed by atoms with Crippen LogP contribution in [-0.4, -0.2) is 24.4 Å². The minimum absolute atomic E-state index is 0.582. The van der Waals surface area contributed by atoms with Crippen LogP contribution in [0.2, 0.25) is 5.02 Å². The van der Waals surface area contributed by atoms with Crippen molar-refractivity contribution in [2.75, 3.05) is 19.5 Å². The third-order valence-electron chi connectivity index (χ3n) is 2.88. The van der Waals surface area contributed by atoms with Gasteiger partial charge in [-0.25, -0.2) is 0 Å². The quantitative estimate of drug-likeness (QED) is 0.884. The van der Waals surface area contributed by atoms with Crippen LogP contribution in [0.5, 0.6) is 11.5 Å². The van der Waals surface area contributed by atoms with E-state index in [1.807, 2.05) is 13.0 Å². The number of methoxy groups -OCH3 is 2. The lowest BCUT2D eigenvalue weighted by atomic mass is 10.2. The Morgan fingerprint density at radius 1 is 1.26 bits per heavy atom. The van der Waals surface area contributed by atoms with Gasteiger partial charge in [-0.1, -0.05) is 11.6 Å². The van der Waals surface area contributed by atoms with Gasteiger partial charge in [-0.3, -0.25) is 5.10 Å². The Bertz CT molecular complexity index is 569. The molecule has 0 aliphatic carbocycles. The van der Waals surface area contributed by atoms with E-state index in [1.54, 1.807) is 26.5 Å². The van der Waals surface area contributed by atoms with Crippen molar-refractivity contribution in [1.29, 1.82) is 0 Å². The van der Waals surface area contributed by atoms with Crippen LogP contribution >= 0.6 is 11.6 Å². The van der Waals surface area contributed by atoms with E-state index in [0.717, 1.165) is 16.9 Å². The van der Waals surface area contributed by atoms with Crippen LogP contribution in [0.3, 0.4) is 0 Å². The normalized spacial score (nSPS) is 10.3. The molecule has 0 aliphatic rings. The molecule has 19 heavy (non-hydrogen) atoms. The number of nitrogens with one attached hydrogen (secondary N) is 2. The molecule has 5 nitrogen and oxygen atoms in total. The lowest BCUT2D eigenvalue weighted by molar-refractivity contribution is 0.355. The molecule has 0 atom stereocenters. The zero-order valence-electron chi connectivity index (χ0n) is 11.1. The fourth-order valence-corrected chi connectivity index (χ4v) is 1.95. The number of aryl methyl sites for hydroxylation is 1. The zero-order chi connectivity index (χ0) is 13.8. The molecule has 0 saturated heterocycles. The molecule has 6 heteroatoms. The summed E-state index contributed by atoms with van der Waals surface area (Å²) < 4.78 is 10.4. The summed E-state index contributed by atoms with van der Waals surface area (Å²) in [5.74, 6) is 1.25. The lowest BCUT2D eigenvalue weighted by Crippen LogP contribution is -2.01. The molecule has 1 aromatic carbocycles. The van der Waals surface area contributed by atoms with Crippen LogP contribution in [0, 0.1) is 6.92 Å². The van der Waals surface area contributed by atoms with Crippen molar-refractivity contribution in [2.24, 2.45) is 0 Å². The Balaban J connectivity index is 2.18. The molecule has 2 rings (SSSR count). The summed E-state index contributed by atoms with van der Waals surface area (Å²) in [5, 5.41) is 10.7. The largest absolute Gasteiger partial charge is 0.493 e. The molecule has 0 unspecified atom stereocenters. The molecule has 0 radical (unpaired) electrons. The van der Waals surface area contributed by atoms with Crippen LogP contribution in [0.15, 0.2) is 18.3 Å². The van der Waals surface area contributed by atoms with Gasteiger partial charge in [0.1, 0.15) is 0 Å². The van der Waals surface area contributed by atoms with Crippen molar-refractivity contribution in [3.8, 4) is 11.5 Å². The first-order valence-electron chi connectivity index (χ1n) is 5.80. The SMILES string of the molecule is COc1cc(Cl)c(NCc2cn[nH]c2C)cc1OC. The van der Waals surface area contributed by atoms with Gasteiger partial charge in [0.25, 0.3) is 0 Å². The smallest absolute Gasteiger partial charge is 0.162 e. The number of hydrogen-bond acceptors (Lipinski definition) is 4. The van der Waals surface area contributed by atoms with Crippen molar-refractivity contribution in [3.05, 3.63) is 34.6 Å². The Kier molecular flexibility index (Phi) is 4.16. The highest BCUT2D eigenvalue weighted by Crippen LogP contribution is 2.36. The minimum Gasteiger partial charge on any atom is -0.493 e. The first-order chi connectivity index (χ1) is 9.15. The second kappa shape index (κ2) is 5.84. The number of anilines is 1. The van der Waals surface area contributed by atoms with Crippen LogP contribution < -0.4 is 14.8 Å². The highest BCUT2D eigenvalue weighted by atomic mass is 35.5. The maximum atomic E-state index is 6.20. The predicted molar refractivity (Wildman–Crippen MR) is 75.2 cm³/mol. The van der Waals surface area contributed by atoms with Gasteiger partial charge in [-0.15, -0.1) is 0 Å². The molecule has 1 aromatic heterocycles. The van der Waals surface area contributed by atoms with E-state index < -0.39 is 0 Å². The molecule has 102 valence electrons. The third kappa shape index (κ3) is 2.93. The number of ether oxygens (including phenoxy) is 2. The maximum Gasteiger partial charge on any atom is 0.162 e. The highest BCUT2D eigenvalue weighted by molar-refractivity contribution is 6.33. The minimum atomic E-state index is 0.582. The summed E-state index contributed by atoms with van der Waals surface area (Å²) in [4.78, 5) is 0. The van der Waals surface area contributed by atoms with Crippen LogP contribution in [0.4, 0.5) is 5.69 Å². The van der Waals surface area contributed by atoms with E-state index in [2.05, 4.69) is 15.5 Å².